The van der Waals surface area contributed by atoms with E-state index < -0.39 is 0 Å². The summed E-state index contributed by atoms with van der Waals surface area (Å²) in [5.41, 5.74) is 3.68. The third-order valence-corrected chi connectivity index (χ3v) is 3.53. The molecule has 102 valence electrons. The predicted molar refractivity (Wildman–Crippen MR) is 84.0 cm³/mol. The van der Waals surface area contributed by atoms with Gasteiger partial charge in [0.2, 0.25) is 0 Å². The van der Waals surface area contributed by atoms with Crippen molar-refractivity contribution in [2.45, 2.75) is 6.42 Å². The van der Waals surface area contributed by atoms with E-state index in [4.69, 9.17) is 4.74 Å². The minimum Gasteiger partial charge on any atom is -0.456 e. The van der Waals surface area contributed by atoms with E-state index in [9.17, 15) is 0 Å². The second kappa shape index (κ2) is 5.51. The summed E-state index contributed by atoms with van der Waals surface area (Å²) >= 11 is 0. The van der Waals surface area contributed by atoms with Gasteiger partial charge in [-0.05, 0) is 44.3 Å². The maximum atomic E-state index is 6.07. The topological polar surface area (TPSA) is 12.5 Å². The van der Waals surface area contributed by atoms with Crippen molar-refractivity contribution in [2.75, 3.05) is 20.6 Å². The lowest BCUT2D eigenvalue weighted by molar-refractivity contribution is 0.419. The van der Waals surface area contributed by atoms with Crippen LogP contribution in [0.2, 0.25) is 0 Å². The van der Waals surface area contributed by atoms with Crippen LogP contribution in [0.4, 0.5) is 0 Å². The highest BCUT2D eigenvalue weighted by atomic mass is 16.5. The Kier molecular flexibility index (Phi) is 3.57. The summed E-state index contributed by atoms with van der Waals surface area (Å²) in [6, 6.07) is 16.5. The molecule has 3 rings (SSSR count). The van der Waals surface area contributed by atoms with Gasteiger partial charge in [-0.3, -0.25) is 0 Å². The van der Waals surface area contributed by atoms with Gasteiger partial charge in [0.05, 0.1) is 0 Å². The van der Waals surface area contributed by atoms with Gasteiger partial charge in [-0.15, -0.1) is 0 Å². The van der Waals surface area contributed by atoms with Gasteiger partial charge in [0.15, 0.2) is 0 Å². The Hall–Kier alpha value is -2.06. The van der Waals surface area contributed by atoms with Crippen LogP contribution in [-0.4, -0.2) is 25.5 Å². The van der Waals surface area contributed by atoms with Crippen molar-refractivity contribution >= 4 is 11.6 Å². The molecule has 1 heterocycles. The molecule has 0 aromatic heterocycles. The number of fused-ring (bicyclic) bond motifs is 2. The van der Waals surface area contributed by atoms with Crippen LogP contribution in [-0.2, 0) is 0 Å². The molecule has 0 radical (unpaired) electrons. The van der Waals surface area contributed by atoms with Crippen molar-refractivity contribution in [2.24, 2.45) is 0 Å². The number of rotatable bonds is 3. The number of para-hydroxylation sites is 2. The van der Waals surface area contributed by atoms with E-state index >= 15 is 0 Å². The van der Waals surface area contributed by atoms with E-state index in [-0.39, 0.29) is 0 Å². The van der Waals surface area contributed by atoms with Gasteiger partial charge in [0.25, 0.3) is 0 Å². The zero-order valence-corrected chi connectivity index (χ0v) is 12.0. The zero-order valence-electron chi connectivity index (χ0n) is 12.0. The normalized spacial score (nSPS) is 13.1. The smallest absolute Gasteiger partial charge is 0.134 e. The first-order chi connectivity index (χ1) is 9.74. The fraction of sp³-hybridized carbons (Fsp3) is 0.222. The summed E-state index contributed by atoms with van der Waals surface area (Å²) < 4.78 is 6.07. The second-order valence-corrected chi connectivity index (χ2v) is 5.36. The van der Waals surface area contributed by atoms with Gasteiger partial charge in [0.1, 0.15) is 11.5 Å². The molecule has 0 spiro atoms. The Morgan fingerprint density at radius 1 is 0.900 bits per heavy atom. The van der Waals surface area contributed by atoms with Crippen LogP contribution >= 0.6 is 0 Å². The molecule has 0 amide bonds. The van der Waals surface area contributed by atoms with Crippen LogP contribution in [0.5, 0.6) is 11.5 Å². The molecule has 0 fully saturated rings. The first kappa shape index (κ1) is 12.9. The fourth-order valence-corrected chi connectivity index (χ4v) is 2.45. The van der Waals surface area contributed by atoms with Gasteiger partial charge < -0.3 is 9.64 Å². The summed E-state index contributed by atoms with van der Waals surface area (Å²) in [4.78, 5) is 2.21. The third kappa shape index (κ3) is 2.61. The summed E-state index contributed by atoms with van der Waals surface area (Å²) in [6.07, 6.45) is 3.27. The maximum Gasteiger partial charge on any atom is 0.134 e. The molecule has 1 aliphatic heterocycles. The standard InChI is InChI=1S/C18H19NO/c1-19(2)12-11-14-13-15-7-3-5-9-17(15)20-18-10-6-4-8-16(14)18/h3-10,13H,11-12H2,1-2H3. The van der Waals surface area contributed by atoms with E-state index in [2.05, 4.69) is 49.3 Å². The molecule has 2 nitrogen and oxygen atoms in total. The first-order valence-corrected chi connectivity index (χ1v) is 6.95. The molecule has 0 atom stereocenters. The Morgan fingerprint density at radius 2 is 1.60 bits per heavy atom. The average molecular weight is 265 g/mol. The lowest BCUT2D eigenvalue weighted by atomic mass is 9.99. The van der Waals surface area contributed by atoms with Gasteiger partial charge >= 0.3 is 0 Å². The molecule has 2 heteroatoms. The lowest BCUT2D eigenvalue weighted by Crippen LogP contribution is -2.13. The van der Waals surface area contributed by atoms with Gasteiger partial charge in [-0.25, -0.2) is 0 Å². The fourth-order valence-electron chi connectivity index (χ4n) is 2.45. The highest BCUT2D eigenvalue weighted by molar-refractivity contribution is 5.87. The van der Waals surface area contributed by atoms with Crippen molar-refractivity contribution in [3.63, 3.8) is 0 Å². The molecule has 0 N–H and O–H groups in total. The predicted octanol–water partition coefficient (Wildman–Crippen LogP) is 4.28. The molecule has 1 aliphatic rings. The third-order valence-electron chi connectivity index (χ3n) is 3.53. The molecule has 0 saturated heterocycles. The molecule has 20 heavy (non-hydrogen) atoms. The van der Waals surface area contributed by atoms with Crippen molar-refractivity contribution < 1.29 is 4.74 Å². The van der Waals surface area contributed by atoms with E-state index in [1.165, 1.54) is 11.1 Å². The van der Waals surface area contributed by atoms with Crippen LogP contribution in [0.25, 0.3) is 11.6 Å². The average Bonchev–Trinajstić information content (AvgIpc) is 2.61. The highest BCUT2D eigenvalue weighted by Crippen LogP contribution is 2.38. The largest absolute Gasteiger partial charge is 0.456 e. The van der Waals surface area contributed by atoms with Crippen molar-refractivity contribution in [3.8, 4) is 11.5 Å². The summed E-state index contributed by atoms with van der Waals surface area (Å²) in [7, 11) is 4.21. The van der Waals surface area contributed by atoms with E-state index in [0.29, 0.717) is 0 Å². The SMILES string of the molecule is CN(C)CCC1=Cc2ccccc2Oc2ccccc21. The number of hydrogen-bond donors (Lipinski definition) is 0. The first-order valence-electron chi connectivity index (χ1n) is 6.95. The number of hydrogen-bond acceptors (Lipinski definition) is 2. The van der Waals surface area contributed by atoms with Crippen LogP contribution in [0.15, 0.2) is 48.5 Å². The minimum atomic E-state index is 0.930. The molecular formula is C18H19NO. The summed E-state index contributed by atoms with van der Waals surface area (Å²) in [5.74, 6) is 1.88. The molecular weight excluding hydrogens is 246 g/mol. The number of benzene rings is 2. The Labute approximate surface area is 120 Å². The monoisotopic (exact) mass is 265 g/mol. The minimum absolute atomic E-state index is 0.930. The van der Waals surface area contributed by atoms with Gasteiger partial charge in [-0.1, -0.05) is 36.4 Å². The van der Waals surface area contributed by atoms with Crippen LogP contribution in [0, 0.1) is 0 Å². The lowest BCUT2D eigenvalue weighted by Gasteiger charge is -2.13. The second-order valence-electron chi connectivity index (χ2n) is 5.36. The maximum absolute atomic E-state index is 6.07. The quantitative estimate of drug-likeness (QED) is 0.821. The van der Waals surface area contributed by atoms with Crippen LogP contribution in [0.1, 0.15) is 17.5 Å². The Morgan fingerprint density at radius 3 is 2.40 bits per heavy atom. The molecule has 0 unspecified atom stereocenters. The Bertz CT molecular complexity index is 643. The van der Waals surface area contributed by atoms with E-state index in [0.717, 1.165) is 30.0 Å². The number of nitrogens with zero attached hydrogens (tertiary/aromatic N) is 1. The van der Waals surface area contributed by atoms with E-state index in [1.54, 1.807) is 0 Å². The molecule has 0 saturated carbocycles. The molecule has 2 aromatic rings. The summed E-state index contributed by atoms with van der Waals surface area (Å²) in [6.45, 7) is 1.03. The zero-order chi connectivity index (χ0) is 13.9. The molecule has 0 aliphatic carbocycles. The van der Waals surface area contributed by atoms with Crippen molar-refractivity contribution in [3.05, 3.63) is 59.7 Å². The van der Waals surface area contributed by atoms with Crippen molar-refractivity contribution in [1.82, 2.24) is 4.90 Å². The molecule has 2 aromatic carbocycles. The molecule has 0 bridgehead atoms. The van der Waals surface area contributed by atoms with Crippen LogP contribution < -0.4 is 4.74 Å². The van der Waals surface area contributed by atoms with E-state index in [1.807, 2.05) is 24.3 Å². The number of ether oxygens (including phenoxy) is 1. The Balaban J connectivity index is 2.07. The highest BCUT2D eigenvalue weighted by Gasteiger charge is 2.15. The van der Waals surface area contributed by atoms with Gasteiger partial charge in [0, 0.05) is 17.7 Å². The summed E-state index contributed by atoms with van der Waals surface area (Å²) in [5, 5.41) is 0. The van der Waals surface area contributed by atoms with Crippen molar-refractivity contribution in [1.29, 1.82) is 0 Å². The van der Waals surface area contributed by atoms with Gasteiger partial charge in [-0.2, -0.15) is 0 Å². The van der Waals surface area contributed by atoms with Crippen LogP contribution in [0.3, 0.4) is 0 Å².